The van der Waals surface area contributed by atoms with E-state index in [0.717, 1.165) is 109 Å². The van der Waals surface area contributed by atoms with Crippen LogP contribution in [0, 0.1) is 0 Å². The average molecular weight is 1120 g/mol. The van der Waals surface area contributed by atoms with Crippen LogP contribution < -0.4 is 0 Å². The summed E-state index contributed by atoms with van der Waals surface area (Å²) >= 11 is 0. The van der Waals surface area contributed by atoms with Crippen molar-refractivity contribution < 1.29 is 28.6 Å². The summed E-state index contributed by atoms with van der Waals surface area (Å²) in [6, 6.07) is 0. The molecule has 0 radical (unpaired) electrons. The number of carbonyl (C=O) groups is 3. The molecule has 0 rings (SSSR count). The first kappa shape index (κ1) is 76.6. The van der Waals surface area contributed by atoms with Gasteiger partial charge in [0.05, 0.1) is 0 Å². The first-order valence-electron chi connectivity index (χ1n) is 34.6. The minimum atomic E-state index is -0.783. The molecule has 0 heterocycles. The Morgan fingerprint density at radius 1 is 0.263 bits per heavy atom. The van der Waals surface area contributed by atoms with E-state index in [9.17, 15) is 14.4 Å². The van der Waals surface area contributed by atoms with Gasteiger partial charge < -0.3 is 14.2 Å². The van der Waals surface area contributed by atoms with Gasteiger partial charge in [0, 0.05) is 19.3 Å². The van der Waals surface area contributed by atoms with Crippen molar-refractivity contribution in [2.75, 3.05) is 13.2 Å². The number of rotatable bonds is 63. The second kappa shape index (κ2) is 68.1. The molecule has 0 spiro atoms. The Kier molecular flexibility index (Phi) is 65.2. The fourth-order valence-electron chi connectivity index (χ4n) is 9.97. The molecule has 6 heteroatoms. The zero-order valence-corrected chi connectivity index (χ0v) is 53.1. The molecule has 0 aromatic rings. The molecule has 0 amide bonds. The van der Waals surface area contributed by atoms with Gasteiger partial charge in [0.15, 0.2) is 6.10 Å². The van der Waals surface area contributed by atoms with Crippen LogP contribution in [-0.4, -0.2) is 37.2 Å². The SMILES string of the molecule is CC/C=C\C/C=C\C/C=C\C/C=C\CCCCCCCCCCCCCCCCC(=O)OCC(COC(=O)CCCCCCCCCCCCCCCCCC)OC(=O)CCCCCCCC/C=C\C/C=C\C/C=C\CCCCC. The molecule has 0 fully saturated rings. The van der Waals surface area contributed by atoms with Crippen molar-refractivity contribution in [1.29, 1.82) is 0 Å². The molecule has 0 bridgehead atoms. The van der Waals surface area contributed by atoms with E-state index in [1.165, 1.54) is 199 Å². The molecular weight excluding hydrogens is 985 g/mol. The molecular formula is C74H130O6. The van der Waals surface area contributed by atoms with Crippen LogP contribution in [0.25, 0.3) is 0 Å². The molecule has 0 saturated carbocycles. The summed E-state index contributed by atoms with van der Waals surface area (Å²) < 4.78 is 17.0. The summed E-state index contributed by atoms with van der Waals surface area (Å²) in [5.41, 5.74) is 0. The molecule has 0 saturated heterocycles. The highest BCUT2D eigenvalue weighted by atomic mass is 16.6. The van der Waals surface area contributed by atoms with E-state index in [2.05, 4.69) is 106 Å². The van der Waals surface area contributed by atoms with Crippen LogP contribution in [0.15, 0.2) is 85.1 Å². The summed E-state index contributed by atoms with van der Waals surface area (Å²) in [6.45, 7) is 6.54. The highest BCUT2D eigenvalue weighted by molar-refractivity contribution is 5.71. The van der Waals surface area contributed by atoms with Crippen LogP contribution in [0.2, 0.25) is 0 Å². The smallest absolute Gasteiger partial charge is 0.306 e. The van der Waals surface area contributed by atoms with Crippen molar-refractivity contribution in [2.24, 2.45) is 0 Å². The molecule has 0 aromatic carbocycles. The van der Waals surface area contributed by atoms with E-state index >= 15 is 0 Å². The van der Waals surface area contributed by atoms with Gasteiger partial charge in [-0.25, -0.2) is 0 Å². The molecule has 0 N–H and O–H groups in total. The van der Waals surface area contributed by atoms with Gasteiger partial charge in [-0.05, 0) is 96.3 Å². The summed E-state index contributed by atoms with van der Waals surface area (Å²) in [5, 5.41) is 0. The highest BCUT2D eigenvalue weighted by Gasteiger charge is 2.19. The maximum absolute atomic E-state index is 12.9. The van der Waals surface area contributed by atoms with Crippen molar-refractivity contribution in [1.82, 2.24) is 0 Å². The molecule has 0 aromatic heterocycles. The molecule has 0 aliphatic heterocycles. The Morgan fingerprint density at radius 3 is 0.787 bits per heavy atom. The predicted molar refractivity (Wildman–Crippen MR) is 348 cm³/mol. The topological polar surface area (TPSA) is 78.9 Å². The largest absolute Gasteiger partial charge is 0.462 e. The number of hydrogen-bond acceptors (Lipinski definition) is 6. The fourth-order valence-corrected chi connectivity index (χ4v) is 9.97. The lowest BCUT2D eigenvalue weighted by Crippen LogP contribution is -2.30. The molecule has 1 atom stereocenters. The minimum absolute atomic E-state index is 0.0776. The van der Waals surface area contributed by atoms with Gasteiger partial charge in [0.1, 0.15) is 13.2 Å². The van der Waals surface area contributed by atoms with Crippen LogP contribution in [0.5, 0.6) is 0 Å². The third kappa shape index (κ3) is 65.4. The number of ether oxygens (including phenoxy) is 3. The predicted octanol–water partition coefficient (Wildman–Crippen LogP) is 23.8. The quantitative estimate of drug-likeness (QED) is 0.0261. The minimum Gasteiger partial charge on any atom is -0.462 e. The molecule has 1 unspecified atom stereocenters. The molecule has 0 aliphatic rings. The van der Waals surface area contributed by atoms with Crippen molar-refractivity contribution in [3.63, 3.8) is 0 Å². The second-order valence-corrected chi connectivity index (χ2v) is 23.1. The van der Waals surface area contributed by atoms with Crippen molar-refractivity contribution in [3.8, 4) is 0 Å². The molecule has 462 valence electrons. The van der Waals surface area contributed by atoms with Crippen molar-refractivity contribution in [3.05, 3.63) is 85.1 Å². The average Bonchev–Trinajstić information content (AvgIpc) is 3.46. The van der Waals surface area contributed by atoms with E-state index < -0.39 is 6.10 Å². The zero-order chi connectivity index (χ0) is 57.8. The van der Waals surface area contributed by atoms with Gasteiger partial charge in [-0.1, -0.05) is 318 Å². The van der Waals surface area contributed by atoms with Gasteiger partial charge in [0.25, 0.3) is 0 Å². The van der Waals surface area contributed by atoms with E-state index in [1.54, 1.807) is 0 Å². The number of carbonyl (C=O) groups excluding carboxylic acids is 3. The summed E-state index contributed by atoms with van der Waals surface area (Å²) in [4.78, 5) is 38.4. The standard InChI is InChI=1S/C74H130O6/c1-4-7-10-13-16-19-22-25-28-31-33-34-35-36-37-38-39-40-42-43-46-49-52-55-58-61-64-67-73(76)79-70-71(69-78-72(75)66-63-60-57-54-51-48-45-30-27-24-21-18-15-12-9-6-3)80-74(77)68-65-62-59-56-53-50-47-44-41-32-29-26-23-20-17-14-11-8-5-2/h7,10,16-17,19-20,25-26,28-29,33-34,41,44,71H,4-6,8-9,11-15,18,21-24,27,30-32,35-40,42-43,45-70H2,1-3H3/b10-7-,19-16-,20-17-,28-25-,29-26-,34-33-,44-41-. The van der Waals surface area contributed by atoms with Crippen LogP contribution in [-0.2, 0) is 28.6 Å². The highest BCUT2D eigenvalue weighted by Crippen LogP contribution is 2.17. The van der Waals surface area contributed by atoms with E-state index in [4.69, 9.17) is 14.2 Å². The molecule has 80 heavy (non-hydrogen) atoms. The molecule has 0 aliphatic carbocycles. The van der Waals surface area contributed by atoms with Crippen LogP contribution >= 0.6 is 0 Å². The van der Waals surface area contributed by atoms with Crippen LogP contribution in [0.4, 0.5) is 0 Å². The van der Waals surface area contributed by atoms with Gasteiger partial charge in [-0.15, -0.1) is 0 Å². The Labute approximate surface area is 496 Å². The van der Waals surface area contributed by atoms with Crippen molar-refractivity contribution >= 4 is 17.9 Å². The fraction of sp³-hybridized carbons (Fsp3) is 0.770. The van der Waals surface area contributed by atoms with Gasteiger partial charge in [0.2, 0.25) is 0 Å². The van der Waals surface area contributed by atoms with Crippen molar-refractivity contribution in [2.45, 2.75) is 354 Å². The molecule has 6 nitrogen and oxygen atoms in total. The Balaban J connectivity index is 4.31. The Morgan fingerprint density at radius 2 is 0.487 bits per heavy atom. The summed E-state index contributed by atoms with van der Waals surface area (Å²) in [6.07, 6.45) is 90.2. The van der Waals surface area contributed by atoms with Gasteiger partial charge >= 0.3 is 17.9 Å². The monoisotopic (exact) mass is 1110 g/mol. The first-order valence-corrected chi connectivity index (χ1v) is 34.6. The van der Waals surface area contributed by atoms with E-state index in [1.807, 2.05) is 0 Å². The number of esters is 3. The first-order chi connectivity index (χ1) is 39.5. The number of unbranched alkanes of at least 4 members (excludes halogenated alkanes) is 38. The lowest BCUT2D eigenvalue weighted by Gasteiger charge is -2.18. The normalized spacial score (nSPS) is 12.6. The van der Waals surface area contributed by atoms with E-state index in [-0.39, 0.29) is 31.1 Å². The number of hydrogen-bond donors (Lipinski definition) is 0. The number of allylic oxidation sites excluding steroid dienone is 14. The zero-order valence-electron chi connectivity index (χ0n) is 53.1. The maximum atomic E-state index is 12.9. The van der Waals surface area contributed by atoms with Gasteiger partial charge in [-0.3, -0.25) is 14.4 Å². The lowest BCUT2D eigenvalue weighted by molar-refractivity contribution is -0.167. The third-order valence-corrected chi connectivity index (χ3v) is 15.1. The van der Waals surface area contributed by atoms with E-state index in [0.29, 0.717) is 19.3 Å². The summed E-state index contributed by atoms with van der Waals surface area (Å²) in [5.74, 6) is -0.871. The summed E-state index contributed by atoms with van der Waals surface area (Å²) in [7, 11) is 0. The second-order valence-electron chi connectivity index (χ2n) is 23.1. The van der Waals surface area contributed by atoms with Crippen LogP contribution in [0.1, 0.15) is 348 Å². The maximum Gasteiger partial charge on any atom is 0.306 e. The van der Waals surface area contributed by atoms with Crippen LogP contribution in [0.3, 0.4) is 0 Å². The Hall–Kier alpha value is -3.41. The third-order valence-electron chi connectivity index (χ3n) is 15.1. The lowest BCUT2D eigenvalue weighted by atomic mass is 10.0. The Bertz CT molecular complexity index is 1520. The van der Waals surface area contributed by atoms with Gasteiger partial charge in [-0.2, -0.15) is 0 Å².